The number of carbonyl (C=O) groups is 1. The van der Waals surface area contributed by atoms with Gasteiger partial charge in [-0.15, -0.1) is 0 Å². The Morgan fingerprint density at radius 2 is 1.93 bits per heavy atom. The number of likely N-dealkylation sites (tertiary alicyclic amines) is 1. The van der Waals surface area contributed by atoms with Crippen LogP contribution in [0.3, 0.4) is 0 Å². The molecule has 2 amide bonds. The van der Waals surface area contributed by atoms with Gasteiger partial charge < -0.3 is 20.1 Å². The Labute approximate surface area is 166 Å². The van der Waals surface area contributed by atoms with Crippen molar-refractivity contribution < 1.29 is 14.3 Å². The number of rotatable bonds is 9. The molecule has 0 aliphatic carbocycles. The van der Waals surface area contributed by atoms with E-state index in [0.29, 0.717) is 31.3 Å². The van der Waals surface area contributed by atoms with E-state index in [1.54, 1.807) is 25.4 Å². The molecule has 1 atom stereocenters. The van der Waals surface area contributed by atoms with E-state index in [2.05, 4.69) is 32.7 Å². The summed E-state index contributed by atoms with van der Waals surface area (Å²) in [4.78, 5) is 19.0. The van der Waals surface area contributed by atoms with Crippen LogP contribution in [0.25, 0.3) is 0 Å². The second-order valence-corrected chi connectivity index (χ2v) is 6.73. The number of ether oxygens (including phenoxy) is 2. The van der Waals surface area contributed by atoms with Crippen LogP contribution in [0.5, 0.6) is 5.88 Å². The summed E-state index contributed by atoms with van der Waals surface area (Å²) < 4.78 is 10.4. The number of nitrogens with one attached hydrogen (secondary N) is 2. The van der Waals surface area contributed by atoms with Crippen molar-refractivity contribution in [2.24, 2.45) is 0 Å². The molecule has 7 heteroatoms. The van der Waals surface area contributed by atoms with Gasteiger partial charge in [0, 0.05) is 19.7 Å². The van der Waals surface area contributed by atoms with Crippen LogP contribution in [0.4, 0.5) is 10.5 Å². The molecule has 0 saturated carbocycles. The fraction of sp³-hybridized carbons (Fsp3) is 0.429. The molecule has 28 heavy (non-hydrogen) atoms. The first kappa shape index (κ1) is 20.1. The van der Waals surface area contributed by atoms with Crippen molar-refractivity contribution in [2.45, 2.75) is 18.9 Å². The summed E-state index contributed by atoms with van der Waals surface area (Å²) in [5.41, 5.74) is 1.85. The van der Waals surface area contributed by atoms with Crippen LogP contribution >= 0.6 is 0 Å². The highest BCUT2D eigenvalue weighted by atomic mass is 16.5. The smallest absolute Gasteiger partial charge is 0.319 e. The Morgan fingerprint density at radius 1 is 1.14 bits per heavy atom. The van der Waals surface area contributed by atoms with Gasteiger partial charge in [0.25, 0.3) is 0 Å². The third kappa shape index (κ3) is 5.94. The van der Waals surface area contributed by atoms with Crippen molar-refractivity contribution >= 4 is 11.7 Å². The van der Waals surface area contributed by atoms with E-state index < -0.39 is 0 Å². The summed E-state index contributed by atoms with van der Waals surface area (Å²) >= 11 is 0. The lowest BCUT2D eigenvalue weighted by atomic mass is 10.1. The largest absolute Gasteiger partial charge is 0.475 e. The zero-order chi connectivity index (χ0) is 19.6. The van der Waals surface area contributed by atoms with E-state index in [0.717, 1.165) is 13.1 Å². The molecule has 1 aliphatic heterocycles. The highest BCUT2D eigenvalue weighted by Gasteiger charge is 2.23. The molecule has 2 aromatic rings. The number of amides is 2. The summed E-state index contributed by atoms with van der Waals surface area (Å²) in [7, 11) is 1.62. The number of methoxy groups -OCH3 is 1. The first-order valence-electron chi connectivity index (χ1n) is 9.68. The third-order valence-corrected chi connectivity index (χ3v) is 4.75. The Balaban J connectivity index is 1.51. The molecule has 1 aliphatic rings. The van der Waals surface area contributed by atoms with Gasteiger partial charge in [0.15, 0.2) is 0 Å². The summed E-state index contributed by atoms with van der Waals surface area (Å²) in [5.74, 6) is 0.501. The summed E-state index contributed by atoms with van der Waals surface area (Å²) in [5, 5.41) is 5.82. The maximum atomic E-state index is 12.3. The number of hydrogen-bond acceptors (Lipinski definition) is 5. The van der Waals surface area contributed by atoms with Crippen LogP contribution in [0.1, 0.15) is 24.4 Å². The van der Waals surface area contributed by atoms with Gasteiger partial charge in [0.05, 0.1) is 24.5 Å². The fourth-order valence-corrected chi connectivity index (χ4v) is 3.32. The Kier molecular flexibility index (Phi) is 7.63. The molecule has 1 fully saturated rings. The zero-order valence-electron chi connectivity index (χ0n) is 16.3. The van der Waals surface area contributed by atoms with Crippen molar-refractivity contribution in [2.75, 3.05) is 45.3 Å². The Morgan fingerprint density at radius 3 is 2.61 bits per heavy atom. The average Bonchev–Trinajstić information content (AvgIpc) is 3.25. The van der Waals surface area contributed by atoms with E-state index in [9.17, 15) is 4.79 Å². The number of hydrogen-bond donors (Lipinski definition) is 2. The Hall–Kier alpha value is -2.64. The fourth-order valence-electron chi connectivity index (χ4n) is 3.32. The van der Waals surface area contributed by atoms with Gasteiger partial charge in [-0.2, -0.15) is 0 Å². The second-order valence-electron chi connectivity index (χ2n) is 6.73. The number of anilines is 1. The van der Waals surface area contributed by atoms with Crippen LogP contribution in [-0.4, -0.2) is 55.9 Å². The normalized spacial score (nSPS) is 15.2. The average molecular weight is 384 g/mol. The minimum Gasteiger partial charge on any atom is -0.475 e. The number of carbonyl (C=O) groups excluding carboxylic acids is 1. The first-order valence-corrected chi connectivity index (χ1v) is 9.68. The van der Waals surface area contributed by atoms with E-state index in [4.69, 9.17) is 9.47 Å². The molecule has 150 valence electrons. The maximum absolute atomic E-state index is 12.3. The molecule has 3 rings (SSSR count). The highest BCUT2D eigenvalue weighted by Crippen LogP contribution is 2.24. The van der Waals surface area contributed by atoms with E-state index in [1.165, 1.54) is 18.4 Å². The number of aromatic nitrogens is 1. The number of pyridine rings is 1. The molecule has 1 unspecified atom stereocenters. The van der Waals surface area contributed by atoms with Crippen LogP contribution < -0.4 is 15.4 Å². The van der Waals surface area contributed by atoms with E-state index >= 15 is 0 Å². The molecule has 2 N–H and O–H groups in total. The SMILES string of the molecule is COCCOc1ccc(NC(=O)NCC(c2ccccc2)N2CCCC2)cn1. The van der Waals surface area contributed by atoms with E-state index in [1.807, 2.05) is 18.2 Å². The molecule has 0 radical (unpaired) electrons. The van der Waals surface area contributed by atoms with E-state index in [-0.39, 0.29) is 12.1 Å². The van der Waals surface area contributed by atoms with Gasteiger partial charge in [-0.3, -0.25) is 4.90 Å². The van der Waals surface area contributed by atoms with Crippen molar-refractivity contribution in [1.29, 1.82) is 0 Å². The second kappa shape index (κ2) is 10.6. The minimum atomic E-state index is -0.241. The molecule has 1 aromatic heterocycles. The first-order chi connectivity index (χ1) is 13.8. The number of urea groups is 1. The van der Waals surface area contributed by atoms with Gasteiger partial charge >= 0.3 is 6.03 Å². The zero-order valence-corrected chi connectivity index (χ0v) is 16.3. The predicted octanol–water partition coefficient (Wildman–Crippen LogP) is 3.07. The topological polar surface area (TPSA) is 75.7 Å². The van der Waals surface area contributed by atoms with Gasteiger partial charge in [-0.25, -0.2) is 9.78 Å². The molecule has 0 bridgehead atoms. The molecular weight excluding hydrogens is 356 g/mol. The molecule has 0 spiro atoms. The monoisotopic (exact) mass is 384 g/mol. The van der Waals surface area contributed by atoms with Crippen LogP contribution in [0.15, 0.2) is 48.7 Å². The maximum Gasteiger partial charge on any atom is 0.319 e. The Bertz CT molecular complexity index is 718. The summed E-state index contributed by atoms with van der Waals surface area (Å²) in [6, 6.07) is 13.8. The standard InChI is InChI=1S/C21H28N4O3/c1-27-13-14-28-20-10-9-18(15-22-20)24-21(26)23-16-19(25-11-5-6-12-25)17-7-3-2-4-8-17/h2-4,7-10,15,19H,5-6,11-14,16H2,1H3,(H2,23,24,26). The summed E-state index contributed by atoms with van der Waals surface area (Å²) in [6.45, 7) is 3.63. The lowest BCUT2D eigenvalue weighted by molar-refractivity contribution is 0.144. The van der Waals surface area contributed by atoms with Crippen molar-refractivity contribution in [3.63, 3.8) is 0 Å². The van der Waals surface area contributed by atoms with Crippen LogP contribution in [0, 0.1) is 0 Å². The third-order valence-electron chi connectivity index (χ3n) is 4.75. The van der Waals surface area contributed by atoms with Gasteiger partial charge in [-0.1, -0.05) is 30.3 Å². The molecule has 7 nitrogen and oxygen atoms in total. The molecule has 1 saturated heterocycles. The lowest BCUT2D eigenvalue weighted by Gasteiger charge is -2.28. The quantitative estimate of drug-likeness (QED) is 0.650. The van der Waals surface area contributed by atoms with Gasteiger partial charge in [-0.05, 0) is 37.6 Å². The minimum absolute atomic E-state index is 0.184. The highest BCUT2D eigenvalue weighted by molar-refractivity contribution is 5.89. The lowest BCUT2D eigenvalue weighted by Crippen LogP contribution is -2.38. The van der Waals surface area contributed by atoms with Crippen molar-refractivity contribution in [3.8, 4) is 5.88 Å². The molecule has 2 heterocycles. The molecule has 1 aromatic carbocycles. The number of nitrogens with zero attached hydrogens (tertiary/aromatic N) is 2. The molecular formula is C21H28N4O3. The number of benzene rings is 1. The van der Waals surface area contributed by atoms with Crippen LogP contribution in [0.2, 0.25) is 0 Å². The van der Waals surface area contributed by atoms with Crippen molar-refractivity contribution in [3.05, 3.63) is 54.2 Å². The van der Waals surface area contributed by atoms with Gasteiger partial charge in [0.2, 0.25) is 5.88 Å². The summed E-state index contributed by atoms with van der Waals surface area (Å²) in [6.07, 6.45) is 4.00. The predicted molar refractivity (Wildman–Crippen MR) is 109 cm³/mol. The van der Waals surface area contributed by atoms with Crippen LogP contribution in [-0.2, 0) is 4.74 Å². The van der Waals surface area contributed by atoms with Gasteiger partial charge in [0.1, 0.15) is 6.61 Å². The van der Waals surface area contributed by atoms with Crippen molar-refractivity contribution in [1.82, 2.24) is 15.2 Å².